The van der Waals surface area contributed by atoms with E-state index in [1.165, 1.54) is 0 Å². The van der Waals surface area contributed by atoms with Gasteiger partial charge in [-0.1, -0.05) is 19.1 Å². The Balaban J connectivity index is 2.11. The second-order valence-electron chi connectivity index (χ2n) is 4.55. The van der Waals surface area contributed by atoms with Gasteiger partial charge in [0.2, 0.25) is 10.0 Å². The first-order valence-corrected chi connectivity index (χ1v) is 8.06. The summed E-state index contributed by atoms with van der Waals surface area (Å²) in [4.78, 5) is 0.204. The number of rotatable bonds is 6. The highest BCUT2D eigenvalue weighted by Crippen LogP contribution is 2.23. The number of hydrogen-bond donors (Lipinski definition) is 2. The quantitative estimate of drug-likeness (QED) is 0.821. The van der Waals surface area contributed by atoms with Gasteiger partial charge in [-0.2, -0.15) is 0 Å². The summed E-state index contributed by atoms with van der Waals surface area (Å²) >= 11 is 0. The third-order valence-corrected chi connectivity index (χ3v) is 4.66. The Morgan fingerprint density at radius 1 is 1.42 bits per heavy atom. The minimum absolute atomic E-state index is 0.204. The van der Waals surface area contributed by atoms with E-state index in [0.717, 1.165) is 19.4 Å². The SMILES string of the molecule is CCNS(=O)(=O)c1ccccc1OCC1CCCN1. The smallest absolute Gasteiger partial charge is 0.244 e. The molecule has 106 valence electrons. The zero-order valence-corrected chi connectivity index (χ0v) is 11.9. The third kappa shape index (κ3) is 3.68. The van der Waals surface area contributed by atoms with Gasteiger partial charge < -0.3 is 10.1 Å². The Kier molecular flexibility index (Phi) is 4.79. The van der Waals surface area contributed by atoms with E-state index in [-0.39, 0.29) is 4.90 Å². The van der Waals surface area contributed by atoms with Gasteiger partial charge in [0, 0.05) is 12.6 Å². The van der Waals surface area contributed by atoms with E-state index in [1.807, 2.05) is 0 Å². The van der Waals surface area contributed by atoms with E-state index < -0.39 is 10.0 Å². The summed E-state index contributed by atoms with van der Waals surface area (Å²) in [6.45, 7) is 3.62. The Hall–Kier alpha value is -1.11. The Labute approximate surface area is 114 Å². The van der Waals surface area contributed by atoms with Crippen molar-refractivity contribution in [3.05, 3.63) is 24.3 Å². The molecule has 2 N–H and O–H groups in total. The predicted molar refractivity (Wildman–Crippen MR) is 73.8 cm³/mol. The van der Waals surface area contributed by atoms with Crippen molar-refractivity contribution in [3.8, 4) is 5.75 Å². The molecule has 1 aliphatic rings. The number of para-hydroxylation sites is 1. The molecule has 0 radical (unpaired) electrons. The van der Waals surface area contributed by atoms with Crippen LogP contribution in [0.1, 0.15) is 19.8 Å². The largest absolute Gasteiger partial charge is 0.491 e. The molecule has 1 atom stereocenters. The highest BCUT2D eigenvalue weighted by molar-refractivity contribution is 7.89. The third-order valence-electron chi connectivity index (χ3n) is 3.08. The van der Waals surface area contributed by atoms with Crippen molar-refractivity contribution in [2.45, 2.75) is 30.7 Å². The van der Waals surface area contributed by atoms with Crippen molar-refractivity contribution < 1.29 is 13.2 Å². The standard InChI is InChI=1S/C13H20N2O3S/c1-2-15-19(16,17)13-8-4-3-7-12(13)18-10-11-6-5-9-14-11/h3-4,7-8,11,14-15H,2,5-6,9-10H2,1H3. The van der Waals surface area contributed by atoms with Gasteiger partial charge in [0.1, 0.15) is 17.3 Å². The normalized spacial score (nSPS) is 19.5. The maximum absolute atomic E-state index is 12.0. The molecule has 1 saturated heterocycles. The van der Waals surface area contributed by atoms with Crippen LogP contribution in [0.2, 0.25) is 0 Å². The molecule has 1 aliphatic heterocycles. The van der Waals surface area contributed by atoms with Gasteiger partial charge >= 0.3 is 0 Å². The summed E-state index contributed by atoms with van der Waals surface area (Å²) in [5.41, 5.74) is 0. The minimum Gasteiger partial charge on any atom is -0.491 e. The number of nitrogens with one attached hydrogen (secondary N) is 2. The second kappa shape index (κ2) is 6.36. The van der Waals surface area contributed by atoms with E-state index in [0.29, 0.717) is 24.9 Å². The van der Waals surface area contributed by atoms with E-state index in [2.05, 4.69) is 10.0 Å². The van der Waals surface area contributed by atoms with Crippen LogP contribution in [-0.2, 0) is 10.0 Å². The van der Waals surface area contributed by atoms with Gasteiger partial charge in [0.05, 0.1) is 0 Å². The molecule has 2 rings (SSSR count). The summed E-state index contributed by atoms with van der Waals surface area (Å²) in [5.74, 6) is 0.414. The topological polar surface area (TPSA) is 67.4 Å². The van der Waals surface area contributed by atoms with Gasteiger partial charge in [-0.15, -0.1) is 0 Å². The first-order valence-electron chi connectivity index (χ1n) is 6.58. The molecule has 0 amide bonds. The zero-order chi connectivity index (χ0) is 13.7. The van der Waals surface area contributed by atoms with Gasteiger partial charge in [0.15, 0.2) is 0 Å². The summed E-state index contributed by atoms with van der Waals surface area (Å²) in [7, 11) is -3.48. The van der Waals surface area contributed by atoms with Crippen LogP contribution in [0, 0.1) is 0 Å². The highest BCUT2D eigenvalue weighted by atomic mass is 32.2. The maximum atomic E-state index is 12.0. The highest BCUT2D eigenvalue weighted by Gasteiger charge is 2.20. The Bertz CT molecular complexity index is 510. The molecule has 1 aromatic carbocycles. The van der Waals surface area contributed by atoms with Crippen molar-refractivity contribution in [1.29, 1.82) is 0 Å². The fourth-order valence-electron chi connectivity index (χ4n) is 2.15. The second-order valence-corrected chi connectivity index (χ2v) is 6.29. The molecule has 1 unspecified atom stereocenters. The Morgan fingerprint density at radius 2 is 2.21 bits per heavy atom. The first kappa shape index (κ1) is 14.3. The molecule has 0 saturated carbocycles. The molecule has 5 nitrogen and oxygen atoms in total. The van der Waals surface area contributed by atoms with E-state index in [4.69, 9.17) is 4.74 Å². The molecule has 0 spiro atoms. The lowest BCUT2D eigenvalue weighted by atomic mass is 10.2. The molecular formula is C13H20N2O3S. The number of benzene rings is 1. The summed E-state index contributed by atoms with van der Waals surface area (Å²) in [5, 5.41) is 3.32. The lowest BCUT2D eigenvalue weighted by molar-refractivity contribution is 0.270. The molecule has 0 aromatic heterocycles. The van der Waals surface area contributed by atoms with Crippen LogP contribution in [-0.4, -0.2) is 34.2 Å². The molecule has 0 aliphatic carbocycles. The lowest BCUT2D eigenvalue weighted by Gasteiger charge is -2.15. The number of sulfonamides is 1. The van der Waals surface area contributed by atoms with Crippen LogP contribution in [0.3, 0.4) is 0 Å². The van der Waals surface area contributed by atoms with Crippen molar-refractivity contribution in [1.82, 2.24) is 10.0 Å². The maximum Gasteiger partial charge on any atom is 0.244 e. The Morgan fingerprint density at radius 3 is 2.89 bits per heavy atom. The van der Waals surface area contributed by atoms with Crippen LogP contribution in [0.4, 0.5) is 0 Å². The van der Waals surface area contributed by atoms with Crippen LogP contribution in [0.15, 0.2) is 29.2 Å². The van der Waals surface area contributed by atoms with Crippen LogP contribution < -0.4 is 14.8 Å². The zero-order valence-electron chi connectivity index (χ0n) is 11.1. The molecule has 1 heterocycles. The first-order chi connectivity index (χ1) is 9.13. The number of ether oxygens (including phenoxy) is 1. The van der Waals surface area contributed by atoms with Gasteiger partial charge in [-0.05, 0) is 31.5 Å². The van der Waals surface area contributed by atoms with Crippen molar-refractivity contribution >= 4 is 10.0 Å². The average Bonchev–Trinajstić information content (AvgIpc) is 2.90. The minimum atomic E-state index is -3.48. The van der Waals surface area contributed by atoms with Crippen LogP contribution in [0.25, 0.3) is 0 Å². The molecule has 6 heteroatoms. The monoisotopic (exact) mass is 284 g/mol. The van der Waals surface area contributed by atoms with Crippen molar-refractivity contribution in [2.75, 3.05) is 19.7 Å². The molecule has 0 bridgehead atoms. The fourth-order valence-corrected chi connectivity index (χ4v) is 3.33. The molecule has 19 heavy (non-hydrogen) atoms. The van der Waals surface area contributed by atoms with Crippen LogP contribution >= 0.6 is 0 Å². The average molecular weight is 284 g/mol. The number of hydrogen-bond acceptors (Lipinski definition) is 4. The summed E-state index contributed by atoms with van der Waals surface area (Å²) < 4.78 is 32.2. The van der Waals surface area contributed by atoms with Crippen molar-refractivity contribution in [3.63, 3.8) is 0 Å². The van der Waals surface area contributed by atoms with E-state index >= 15 is 0 Å². The van der Waals surface area contributed by atoms with Crippen LogP contribution in [0.5, 0.6) is 5.75 Å². The van der Waals surface area contributed by atoms with Gasteiger partial charge in [-0.3, -0.25) is 0 Å². The summed E-state index contributed by atoms with van der Waals surface area (Å²) in [6.07, 6.45) is 2.22. The molecule has 1 fully saturated rings. The molecular weight excluding hydrogens is 264 g/mol. The lowest BCUT2D eigenvalue weighted by Crippen LogP contribution is -2.29. The fraction of sp³-hybridized carbons (Fsp3) is 0.538. The van der Waals surface area contributed by atoms with Gasteiger partial charge in [0.25, 0.3) is 0 Å². The van der Waals surface area contributed by atoms with E-state index in [1.54, 1.807) is 31.2 Å². The summed E-state index contributed by atoms with van der Waals surface area (Å²) in [6, 6.07) is 7.05. The van der Waals surface area contributed by atoms with Gasteiger partial charge in [-0.25, -0.2) is 13.1 Å². The van der Waals surface area contributed by atoms with E-state index in [9.17, 15) is 8.42 Å². The molecule has 1 aromatic rings. The van der Waals surface area contributed by atoms with Crippen molar-refractivity contribution in [2.24, 2.45) is 0 Å². The predicted octanol–water partition coefficient (Wildman–Crippen LogP) is 1.12.